The summed E-state index contributed by atoms with van der Waals surface area (Å²) in [5.41, 5.74) is 6.55. The van der Waals surface area contributed by atoms with Crippen molar-refractivity contribution in [3.8, 4) is 0 Å². The van der Waals surface area contributed by atoms with Crippen molar-refractivity contribution < 1.29 is 5.11 Å². The van der Waals surface area contributed by atoms with Crippen LogP contribution < -0.4 is 0 Å². The first kappa shape index (κ1) is 20.1. The molecule has 1 atom stereocenters. The highest BCUT2D eigenvalue weighted by Gasteiger charge is 2.28. The van der Waals surface area contributed by atoms with E-state index in [0.29, 0.717) is 6.04 Å². The van der Waals surface area contributed by atoms with E-state index >= 15 is 0 Å². The Morgan fingerprint density at radius 2 is 1.89 bits per heavy atom. The second kappa shape index (κ2) is 9.00. The van der Waals surface area contributed by atoms with Crippen molar-refractivity contribution in [2.24, 2.45) is 0 Å². The number of nitrogens with zero attached hydrogens (tertiary/aromatic N) is 4. The molecule has 1 aliphatic rings. The lowest BCUT2D eigenvalue weighted by molar-refractivity contribution is 0.0497. The zero-order valence-corrected chi connectivity index (χ0v) is 17.3. The number of aliphatic hydroxyl groups is 1. The lowest BCUT2D eigenvalue weighted by Crippen LogP contribution is -2.52. The van der Waals surface area contributed by atoms with E-state index in [-0.39, 0.29) is 6.61 Å². The van der Waals surface area contributed by atoms with Gasteiger partial charge in [0.2, 0.25) is 0 Å². The molecule has 1 aliphatic heterocycles. The highest BCUT2D eigenvalue weighted by Crippen LogP contribution is 2.22. The first-order valence-electron chi connectivity index (χ1n) is 10.2. The van der Waals surface area contributed by atoms with Crippen molar-refractivity contribution in [1.29, 1.82) is 0 Å². The molecule has 0 saturated carbocycles. The molecule has 1 N–H and O–H groups in total. The van der Waals surface area contributed by atoms with Crippen LogP contribution in [0.3, 0.4) is 0 Å². The summed E-state index contributed by atoms with van der Waals surface area (Å²) < 4.78 is 2.10. The second-order valence-electron chi connectivity index (χ2n) is 7.76. The second-order valence-corrected chi connectivity index (χ2v) is 7.76. The predicted molar refractivity (Wildman–Crippen MR) is 110 cm³/mol. The molecule has 27 heavy (non-hydrogen) atoms. The molecule has 0 aliphatic carbocycles. The van der Waals surface area contributed by atoms with Gasteiger partial charge in [-0.25, -0.2) is 0 Å². The Bertz CT molecular complexity index is 755. The maximum atomic E-state index is 9.60. The number of piperazine rings is 1. The number of hydrogen-bond acceptors (Lipinski definition) is 4. The predicted octanol–water partition coefficient (Wildman–Crippen LogP) is 2.90. The van der Waals surface area contributed by atoms with Crippen LogP contribution in [-0.4, -0.2) is 57.0 Å². The van der Waals surface area contributed by atoms with Gasteiger partial charge >= 0.3 is 0 Å². The number of hydrogen-bond donors (Lipinski definition) is 1. The smallest absolute Gasteiger partial charge is 0.0641 e. The lowest BCUT2D eigenvalue weighted by Gasteiger charge is -2.41. The minimum atomic E-state index is 0.245. The SMILES string of the molecule is CCn1nc(C)c(CN2CCN(Cc3ccccc3C)C(CCO)C2)c1C. The van der Waals surface area contributed by atoms with Gasteiger partial charge in [0.15, 0.2) is 0 Å². The van der Waals surface area contributed by atoms with Crippen molar-refractivity contribution >= 4 is 0 Å². The van der Waals surface area contributed by atoms with Gasteiger partial charge in [0.25, 0.3) is 0 Å². The number of benzene rings is 1. The summed E-state index contributed by atoms with van der Waals surface area (Å²) in [6.45, 7) is 14.8. The zero-order valence-electron chi connectivity index (χ0n) is 17.3. The molecule has 5 heteroatoms. The van der Waals surface area contributed by atoms with E-state index in [1.54, 1.807) is 0 Å². The Morgan fingerprint density at radius 3 is 2.56 bits per heavy atom. The van der Waals surface area contributed by atoms with Crippen LogP contribution in [-0.2, 0) is 19.6 Å². The van der Waals surface area contributed by atoms with Crippen molar-refractivity contribution in [1.82, 2.24) is 19.6 Å². The average molecular weight is 371 g/mol. The van der Waals surface area contributed by atoms with Crippen LogP contribution in [0.25, 0.3) is 0 Å². The van der Waals surface area contributed by atoms with Crippen LogP contribution in [0.4, 0.5) is 0 Å². The number of rotatable bonds is 7. The van der Waals surface area contributed by atoms with Gasteiger partial charge in [-0.1, -0.05) is 24.3 Å². The lowest BCUT2D eigenvalue weighted by atomic mass is 10.0. The Morgan fingerprint density at radius 1 is 1.11 bits per heavy atom. The third kappa shape index (κ3) is 4.60. The molecule has 148 valence electrons. The van der Waals surface area contributed by atoms with Crippen LogP contribution >= 0.6 is 0 Å². The van der Waals surface area contributed by atoms with Gasteiger partial charge < -0.3 is 5.11 Å². The zero-order chi connectivity index (χ0) is 19.4. The van der Waals surface area contributed by atoms with E-state index in [2.05, 4.69) is 71.5 Å². The van der Waals surface area contributed by atoms with E-state index in [1.165, 1.54) is 22.4 Å². The first-order valence-corrected chi connectivity index (χ1v) is 10.2. The molecule has 1 aromatic heterocycles. The molecule has 0 amide bonds. The van der Waals surface area contributed by atoms with Crippen molar-refractivity contribution in [3.05, 3.63) is 52.3 Å². The third-order valence-corrected chi connectivity index (χ3v) is 6.00. The molecule has 3 rings (SSSR count). The third-order valence-electron chi connectivity index (χ3n) is 6.00. The van der Waals surface area contributed by atoms with Crippen molar-refractivity contribution in [3.63, 3.8) is 0 Å². The minimum Gasteiger partial charge on any atom is -0.396 e. The average Bonchev–Trinajstić information content (AvgIpc) is 2.93. The molecule has 5 nitrogen and oxygen atoms in total. The molecule has 1 aromatic carbocycles. The molecular formula is C22H34N4O. The Balaban J connectivity index is 1.69. The summed E-state index contributed by atoms with van der Waals surface area (Å²) in [7, 11) is 0. The number of aryl methyl sites for hydroxylation is 3. The monoisotopic (exact) mass is 370 g/mol. The summed E-state index contributed by atoms with van der Waals surface area (Å²) in [6.07, 6.45) is 0.828. The topological polar surface area (TPSA) is 44.5 Å². The fourth-order valence-electron chi connectivity index (χ4n) is 4.23. The van der Waals surface area contributed by atoms with Gasteiger partial charge in [0.1, 0.15) is 0 Å². The minimum absolute atomic E-state index is 0.245. The normalized spacial score (nSPS) is 18.9. The van der Waals surface area contributed by atoms with Crippen molar-refractivity contribution in [2.45, 2.75) is 59.8 Å². The summed E-state index contributed by atoms with van der Waals surface area (Å²) in [5, 5.41) is 14.3. The van der Waals surface area contributed by atoms with Gasteiger partial charge in [-0.15, -0.1) is 0 Å². The van der Waals surface area contributed by atoms with Gasteiger partial charge in [0.05, 0.1) is 5.69 Å². The standard InChI is InChI=1S/C22H34N4O/c1-5-26-19(4)22(18(3)23-26)16-24-11-12-25(21(15-24)10-13-27)14-20-9-7-6-8-17(20)2/h6-9,21,27H,5,10-16H2,1-4H3. The van der Waals surface area contributed by atoms with E-state index in [9.17, 15) is 5.11 Å². The summed E-state index contributed by atoms with van der Waals surface area (Å²) >= 11 is 0. The van der Waals surface area contributed by atoms with E-state index in [0.717, 1.165) is 51.4 Å². The maximum absolute atomic E-state index is 9.60. The molecule has 1 unspecified atom stereocenters. The van der Waals surface area contributed by atoms with Crippen LogP contribution in [0.5, 0.6) is 0 Å². The van der Waals surface area contributed by atoms with Gasteiger partial charge in [-0.2, -0.15) is 5.10 Å². The van der Waals surface area contributed by atoms with Gasteiger partial charge in [-0.3, -0.25) is 14.5 Å². The summed E-state index contributed by atoms with van der Waals surface area (Å²) in [5.74, 6) is 0. The molecular weight excluding hydrogens is 336 g/mol. The van der Waals surface area contributed by atoms with E-state index in [1.807, 2.05) is 0 Å². The summed E-state index contributed by atoms with van der Waals surface area (Å²) in [6, 6.07) is 9.03. The van der Waals surface area contributed by atoms with Crippen molar-refractivity contribution in [2.75, 3.05) is 26.2 Å². The first-order chi connectivity index (χ1) is 13.0. The molecule has 0 radical (unpaired) electrons. The number of aromatic nitrogens is 2. The quantitative estimate of drug-likeness (QED) is 0.814. The molecule has 0 bridgehead atoms. The highest BCUT2D eigenvalue weighted by molar-refractivity contribution is 5.26. The molecule has 1 fully saturated rings. The van der Waals surface area contributed by atoms with Gasteiger partial charge in [0, 0.05) is 63.2 Å². The Hall–Kier alpha value is -1.69. The van der Waals surface area contributed by atoms with E-state index < -0.39 is 0 Å². The van der Waals surface area contributed by atoms with Crippen LogP contribution in [0.1, 0.15) is 41.4 Å². The fourth-order valence-corrected chi connectivity index (χ4v) is 4.23. The highest BCUT2D eigenvalue weighted by atomic mass is 16.3. The number of aliphatic hydroxyl groups excluding tert-OH is 1. The Labute approximate surface area is 163 Å². The maximum Gasteiger partial charge on any atom is 0.0641 e. The fraction of sp³-hybridized carbons (Fsp3) is 0.591. The van der Waals surface area contributed by atoms with Crippen LogP contribution in [0.2, 0.25) is 0 Å². The van der Waals surface area contributed by atoms with E-state index in [4.69, 9.17) is 0 Å². The molecule has 2 aromatic rings. The Kier molecular flexibility index (Phi) is 6.68. The summed E-state index contributed by atoms with van der Waals surface area (Å²) in [4.78, 5) is 5.08. The van der Waals surface area contributed by atoms with Crippen LogP contribution in [0, 0.1) is 20.8 Å². The molecule has 1 saturated heterocycles. The molecule has 2 heterocycles. The van der Waals surface area contributed by atoms with Crippen LogP contribution in [0.15, 0.2) is 24.3 Å². The van der Waals surface area contributed by atoms with Gasteiger partial charge in [-0.05, 0) is 45.2 Å². The molecule has 0 spiro atoms. The largest absolute Gasteiger partial charge is 0.396 e.